The number of likely N-dealkylation sites (tertiary alicyclic amines) is 2. The lowest BCUT2D eigenvalue weighted by atomic mass is 9.64. The van der Waals surface area contributed by atoms with Crippen molar-refractivity contribution in [2.75, 3.05) is 32.8 Å². The van der Waals surface area contributed by atoms with Crippen molar-refractivity contribution in [2.24, 2.45) is 26.6 Å². The Balaban J connectivity index is 1.41. The first-order chi connectivity index (χ1) is 11.7. The summed E-state index contributed by atoms with van der Waals surface area (Å²) in [6.45, 7) is 6.20. The molecule has 24 heavy (non-hydrogen) atoms. The normalized spacial score (nSPS) is 32.0. The number of hydrogen-bond acceptors (Lipinski definition) is 5. The van der Waals surface area contributed by atoms with Crippen LogP contribution in [0.5, 0.6) is 0 Å². The summed E-state index contributed by atoms with van der Waals surface area (Å²) in [4.78, 5) is 20.7. The largest absolute Gasteiger partial charge is 0.450 e. The Morgan fingerprint density at radius 2 is 2.08 bits per heavy atom. The topological polar surface area (TPSA) is 95.9 Å². The van der Waals surface area contributed by atoms with Crippen LogP contribution in [0.3, 0.4) is 0 Å². The number of carbonyl (C=O) groups excluding carboxylic acids is 1. The number of ether oxygens (including phenoxy) is 1. The highest BCUT2D eigenvalue weighted by Crippen LogP contribution is 2.50. The van der Waals surface area contributed by atoms with Gasteiger partial charge in [-0.1, -0.05) is 5.22 Å². The zero-order chi connectivity index (χ0) is 17.0. The number of rotatable bonds is 4. The van der Waals surface area contributed by atoms with Crippen LogP contribution in [0.4, 0.5) is 4.79 Å². The maximum atomic E-state index is 11.9. The zero-order valence-electron chi connectivity index (χ0n) is 14.4. The van der Waals surface area contributed by atoms with Gasteiger partial charge in [0.2, 0.25) is 0 Å². The van der Waals surface area contributed by atoms with Crippen LogP contribution in [0.2, 0.25) is 0 Å². The lowest BCUT2D eigenvalue weighted by molar-refractivity contribution is -0.00420. The third-order valence-corrected chi connectivity index (χ3v) is 5.71. The van der Waals surface area contributed by atoms with E-state index >= 15 is 0 Å². The Morgan fingerprint density at radius 3 is 2.75 bits per heavy atom. The van der Waals surface area contributed by atoms with Crippen molar-refractivity contribution in [3.05, 3.63) is 0 Å². The van der Waals surface area contributed by atoms with Crippen molar-refractivity contribution in [2.45, 2.75) is 51.1 Å². The smallest absolute Gasteiger partial charge is 0.409 e. The monoisotopic (exact) mass is 336 g/mol. The van der Waals surface area contributed by atoms with Crippen LogP contribution >= 0.6 is 0 Å². The highest BCUT2D eigenvalue weighted by Gasteiger charge is 2.51. The van der Waals surface area contributed by atoms with Crippen LogP contribution in [0.25, 0.3) is 0 Å². The second-order valence-corrected chi connectivity index (χ2v) is 7.20. The lowest BCUT2D eigenvalue weighted by Gasteiger charge is -2.51. The van der Waals surface area contributed by atoms with E-state index in [2.05, 4.69) is 20.2 Å². The quantitative estimate of drug-likeness (QED) is 0.278. The summed E-state index contributed by atoms with van der Waals surface area (Å²) >= 11 is 0. The molecule has 3 fully saturated rings. The molecule has 1 aliphatic carbocycles. The highest BCUT2D eigenvalue weighted by molar-refractivity contribution is 5.68. The van der Waals surface area contributed by atoms with Gasteiger partial charge in [0.15, 0.2) is 0 Å². The molecule has 0 aromatic carbocycles. The minimum Gasteiger partial charge on any atom is -0.450 e. The molecule has 8 heteroatoms. The molecule has 1 spiro atoms. The van der Waals surface area contributed by atoms with E-state index in [0.29, 0.717) is 24.1 Å². The Labute approximate surface area is 143 Å². The van der Waals surface area contributed by atoms with Crippen LogP contribution in [0.15, 0.2) is 15.3 Å². The van der Waals surface area contributed by atoms with Gasteiger partial charge in [0, 0.05) is 32.2 Å². The predicted octanol–water partition coefficient (Wildman–Crippen LogP) is 1.82. The number of carbonyl (C=O) groups is 1. The molecule has 1 saturated carbocycles. The molecule has 0 aromatic rings. The van der Waals surface area contributed by atoms with Gasteiger partial charge >= 0.3 is 6.09 Å². The Bertz CT molecular complexity index is 495. The SMILES string of the molecule is CCOC(=O)N1CCC2(CC(N3CCC(N=CN=NN)CC3)C2)C1. The van der Waals surface area contributed by atoms with Crippen LogP contribution in [0.1, 0.15) is 39.0 Å². The molecular weight excluding hydrogens is 308 g/mol. The van der Waals surface area contributed by atoms with Crippen LogP contribution in [0, 0.1) is 5.41 Å². The summed E-state index contributed by atoms with van der Waals surface area (Å²) in [6.07, 6.45) is 6.97. The van der Waals surface area contributed by atoms with Crippen molar-refractivity contribution in [3.8, 4) is 0 Å². The fourth-order valence-corrected chi connectivity index (χ4v) is 4.39. The lowest BCUT2D eigenvalue weighted by Crippen LogP contribution is -2.54. The highest BCUT2D eigenvalue weighted by atomic mass is 16.6. The van der Waals surface area contributed by atoms with E-state index < -0.39 is 0 Å². The molecule has 2 N–H and O–H groups in total. The molecule has 0 unspecified atom stereocenters. The predicted molar refractivity (Wildman–Crippen MR) is 90.8 cm³/mol. The third kappa shape index (κ3) is 3.68. The molecule has 0 bridgehead atoms. The minimum absolute atomic E-state index is 0.147. The molecule has 2 saturated heterocycles. The summed E-state index contributed by atoms with van der Waals surface area (Å²) < 4.78 is 5.12. The van der Waals surface area contributed by atoms with E-state index in [9.17, 15) is 4.79 Å². The molecule has 3 aliphatic rings. The number of aliphatic imine (C=N–C) groups is 1. The number of amides is 1. The van der Waals surface area contributed by atoms with Gasteiger partial charge in [-0.2, -0.15) is 0 Å². The maximum absolute atomic E-state index is 11.9. The second kappa shape index (κ2) is 7.46. The van der Waals surface area contributed by atoms with E-state index in [4.69, 9.17) is 10.6 Å². The first kappa shape index (κ1) is 17.1. The second-order valence-electron chi connectivity index (χ2n) is 7.20. The molecule has 2 heterocycles. The van der Waals surface area contributed by atoms with Gasteiger partial charge in [-0.3, -0.25) is 4.99 Å². The van der Waals surface area contributed by atoms with Gasteiger partial charge in [-0.15, -0.1) is 5.11 Å². The van der Waals surface area contributed by atoms with E-state index in [1.54, 1.807) is 0 Å². The fourth-order valence-electron chi connectivity index (χ4n) is 4.39. The maximum Gasteiger partial charge on any atom is 0.409 e. The molecule has 134 valence electrons. The molecule has 1 amide bonds. The van der Waals surface area contributed by atoms with E-state index in [1.807, 2.05) is 11.8 Å². The van der Waals surface area contributed by atoms with Gasteiger partial charge in [-0.25, -0.2) is 4.79 Å². The summed E-state index contributed by atoms with van der Waals surface area (Å²) in [5.41, 5.74) is 0.341. The van der Waals surface area contributed by atoms with Crippen molar-refractivity contribution in [1.29, 1.82) is 0 Å². The molecule has 8 nitrogen and oxygen atoms in total. The number of nitrogens with zero attached hydrogens (tertiary/aromatic N) is 5. The Kier molecular flexibility index (Phi) is 5.33. The summed E-state index contributed by atoms with van der Waals surface area (Å²) in [5.74, 6) is 4.96. The van der Waals surface area contributed by atoms with Gasteiger partial charge in [0.25, 0.3) is 0 Å². The van der Waals surface area contributed by atoms with Crippen molar-refractivity contribution < 1.29 is 9.53 Å². The van der Waals surface area contributed by atoms with Crippen molar-refractivity contribution in [3.63, 3.8) is 0 Å². The van der Waals surface area contributed by atoms with E-state index in [1.165, 1.54) is 19.2 Å². The van der Waals surface area contributed by atoms with Crippen LogP contribution < -0.4 is 5.84 Å². The first-order valence-electron chi connectivity index (χ1n) is 8.93. The summed E-state index contributed by atoms with van der Waals surface area (Å²) in [6, 6.07) is 1.01. The molecular formula is C16H28N6O2. The van der Waals surface area contributed by atoms with Gasteiger partial charge in [0.1, 0.15) is 6.34 Å². The average molecular weight is 336 g/mol. The van der Waals surface area contributed by atoms with E-state index in [-0.39, 0.29) is 6.09 Å². The molecule has 3 rings (SSSR count). The standard InChI is InChI=1S/C16H28N6O2/c1-2-24-15(23)22-8-5-16(11-22)9-14(10-16)21-6-3-13(4-7-21)18-12-19-20-17/h12-14H,2-11H2,1H3,(H2,17,18,19). The Morgan fingerprint density at radius 1 is 1.33 bits per heavy atom. The molecule has 0 radical (unpaired) electrons. The van der Waals surface area contributed by atoms with Crippen LogP contribution in [-0.2, 0) is 4.74 Å². The molecule has 2 aliphatic heterocycles. The first-order valence-corrected chi connectivity index (χ1v) is 8.93. The Hall–Kier alpha value is -1.70. The van der Waals surface area contributed by atoms with Crippen molar-refractivity contribution >= 4 is 12.4 Å². The number of piperidine rings is 1. The fraction of sp³-hybridized carbons (Fsp3) is 0.875. The van der Waals surface area contributed by atoms with Crippen LogP contribution in [-0.4, -0.2) is 67.1 Å². The molecule has 0 aromatic heterocycles. The molecule has 0 atom stereocenters. The summed E-state index contributed by atoms with van der Waals surface area (Å²) in [5, 5.41) is 6.77. The number of hydrogen-bond donors (Lipinski definition) is 1. The van der Waals surface area contributed by atoms with Crippen molar-refractivity contribution in [1.82, 2.24) is 9.80 Å². The van der Waals surface area contributed by atoms with Gasteiger partial charge < -0.3 is 20.4 Å². The summed E-state index contributed by atoms with van der Waals surface area (Å²) in [7, 11) is 0. The third-order valence-electron chi connectivity index (χ3n) is 5.71. The average Bonchev–Trinajstić information content (AvgIpc) is 3.01. The van der Waals surface area contributed by atoms with E-state index in [0.717, 1.165) is 45.4 Å². The van der Waals surface area contributed by atoms with Gasteiger partial charge in [-0.05, 0) is 44.4 Å². The zero-order valence-corrected chi connectivity index (χ0v) is 14.4. The minimum atomic E-state index is -0.147. The van der Waals surface area contributed by atoms with Gasteiger partial charge in [0.05, 0.1) is 12.6 Å². The number of nitrogens with two attached hydrogens (primary N) is 1.